The van der Waals surface area contributed by atoms with E-state index in [1.54, 1.807) is 12.1 Å². The van der Waals surface area contributed by atoms with E-state index >= 15 is 0 Å². The number of nitrogens with zero attached hydrogens (tertiary/aromatic N) is 7. The lowest BCUT2D eigenvalue weighted by Crippen LogP contribution is -2.49. The minimum absolute atomic E-state index is 0.0656. The second kappa shape index (κ2) is 11.0. The number of H-pyrrole nitrogens is 1. The number of nitro groups is 1. The average Bonchev–Trinajstić information content (AvgIpc) is 3.45. The molecule has 2 aromatic carbocycles. The number of aromatic amines is 1. The number of rotatable bonds is 9. The van der Waals surface area contributed by atoms with Crippen LogP contribution < -0.4 is 15.2 Å². The topological polar surface area (TPSA) is 135 Å². The second-order valence-corrected chi connectivity index (χ2v) is 10.5. The molecule has 210 valence electrons. The average molecular weight is 547 g/mol. The molecule has 1 unspecified atom stereocenters. The summed E-state index contributed by atoms with van der Waals surface area (Å²) in [5.74, 6) is 1.35. The number of nitrogens with one attached hydrogen (secondary N) is 1. The molecule has 0 aliphatic carbocycles. The van der Waals surface area contributed by atoms with Crippen molar-refractivity contribution < 1.29 is 9.66 Å². The van der Waals surface area contributed by atoms with Crippen LogP contribution in [0.15, 0.2) is 53.3 Å². The second-order valence-electron chi connectivity index (χ2n) is 10.5. The molecule has 12 heteroatoms. The molecule has 0 radical (unpaired) electrons. The number of ether oxygens (including phenoxy) is 1. The van der Waals surface area contributed by atoms with Gasteiger partial charge in [0.2, 0.25) is 0 Å². The fourth-order valence-corrected chi connectivity index (χ4v) is 5.13. The molecule has 12 nitrogen and oxygen atoms in total. The van der Waals surface area contributed by atoms with E-state index in [0.717, 1.165) is 28.8 Å². The molecule has 3 heterocycles. The fraction of sp³-hybridized carbons (Fsp3) is 0.429. The zero-order chi connectivity index (χ0) is 28.4. The van der Waals surface area contributed by atoms with Crippen molar-refractivity contribution in [3.05, 3.63) is 80.4 Å². The monoisotopic (exact) mass is 546 g/mol. The van der Waals surface area contributed by atoms with Gasteiger partial charge in [-0.2, -0.15) is 0 Å². The smallest absolute Gasteiger partial charge is 0.269 e. The zero-order valence-electron chi connectivity index (χ0n) is 23.2. The summed E-state index contributed by atoms with van der Waals surface area (Å²) in [6.45, 7) is 11.3. The Hall–Kier alpha value is -4.32. The quantitative estimate of drug-likeness (QED) is 0.245. The van der Waals surface area contributed by atoms with Gasteiger partial charge >= 0.3 is 0 Å². The van der Waals surface area contributed by atoms with Crippen LogP contribution in [0.3, 0.4) is 0 Å². The largest absolute Gasteiger partial charge is 0.494 e. The Morgan fingerprint density at radius 1 is 1.07 bits per heavy atom. The van der Waals surface area contributed by atoms with Gasteiger partial charge in [-0.25, -0.2) is 4.68 Å². The highest BCUT2D eigenvalue weighted by Gasteiger charge is 2.35. The molecule has 4 aromatic rings. The van der Waals surface area contributed by atoms with Crippen molar-refractivity contribution in [2.24, 2.45) is 0 Å². The third-order valence-electron chi connectivity index (χ3n) is 7.73. The highest BCUT2D eigenvalue weighted by Crippen LogP contribution is 2.32. The molecule has 1 N–H and O–H groups in total. The molecule has 1 aliphatic rings. The molecule has 0 bridgehead atoms. The molecule has 2 aromatic heterocycles. The first kappa shape index (κ1) is 27.3. The number of non-ortho nitro benzene ring substituents is 1. The zero-order valence-corrected chi connectivity index (χ0v) is 23.2. The molecule has 1 aliphatic heterocycles. The number of aromatic nitrogens is 5. The number of fused-ring (bicyclic) bond motifs is 1. The van der Waals surface area contributed by atoms with E-state index in [1.807, 2.05) is 35.9 Å². The van der Waals surface area contributed by atoms with E-state index in [4.69, 9.17) is 4.74 Å². The number of hydrogen-bond donors (Lipinski definition) is 1. The molecule has 40 heavy (non-hydrogen) atoms. The lowest BCUT2D eigenvalue weighted by Gasteiger charge is -2.40. The van der Waals surface area contributed by atoms with Crippen LogP contribution in [0.2, 0.25) is 0 Å². The van der Waals surface area contributed by atoms with Gasteiger partial charge in [-0.05, 0) is 74.0 Å². The summed E-state index contributed by atoms with van der Waals surface area (Å²) >= 11 is 0. The number of tetrazole rings is 1. The Kier molecular flexibility index (Phi) is 7.53. The van der Waals surface area contributed by atoms with Crippen molar-refractivity contribution in [1.29, 1.82) is 0 Å². The molecule has 0 spiro atoms. The number of benzene rings is 2. The third kappa shape index (κ3) is 5.26. The van der Waals surface area contributed by atoms with Gasteiger partial charge in [-0.15, -0.1) is 5.10 Å². The molecule has 1 saturated heterocycles. The fourth-order valence-electron chi connectivity index (χ4n) is 5.13. The number of hydrogen-bond acceptors (Lipinski definition) is 9. The van der Waals surface area contributed by atoms with Gasteiger partial charge in [-0.1, -0.05) is 6.92 Å². The van der Waals surface area contributed by atoms with Crippen LogP contribution in [0.5, 0.6) is 5.75 Å². The SMILES string of the molecule is CCOc1ccc2[nH]c(=O)c(C(c3nnnn3C(C)(C)CC)N3CCN(c4ccc([N+](=O)[O-])cc4)CC3)cc2c1. The van der Waals surface area contributed by atoms with Crippen LogP contribution in [0.25, 0.3) is 10.9 Å². The maximum absolute atomic E-state index is 13.6. The van der Waals surface area contributed by atoms with Crippen LogP contribution in [-0.2, 0) is 5.54 Å². The maximum Gasteiger partial charge on any atom is 0.269 e. The van der Waals surface area contributed by atoms with Crippen LogP contribution in [-0.4, -0.2) is 67.8 Å². The van der Waals surface area contributed by atoms with Gasteiger partial charge in [0, 0.05) is 60.5 Å². The first-order chi connectivity index (χ1) is 19.2. The molecule has 0 amide bonds. The molecule has 0 saturated carbocycles. The summed E-state index contributed by atoms with van der Waals surface area (Å²) < 4.78 is 7.54. The van der Waals surface area contributed by atoms with Gasteiger partial charge in [-0.3, -0.25) is 19.8 Å². The van der Waals surface area contributed by atoms with Crippen LogP contribution in [0, 0.1) is 10.1 Å². The van der Waals surface area contributed by atoms with Gasteiger partial charge in [0.1, 0.15) is 11.8 Å². The van der Waals surface area contributed by atoms with Crippen molar-refractivity contribution in [3.63, 3.8) is 0 Å². The highest BCUT2D eigenvalue weighted by atomic mass is 16.6. The lowest BCUT2D eigenvalue weighted by molar-refractivity contribution is -0.384. The first-order valence-corrected chi connectivity index (χ1v) is 13.5. The molecule has 1 atom stereocenters. The lowest BCUT2D eigenvalue weighted by atomic mass is 9.98. The van der Waals surface area contributed by atoms with Gasteiger partial charge in [0.15, 0.2) is 5.82 Å². The van der Waals surface area contributed by atoms with Crippen LogP contribution >= 0.6 is 0 Å². The Balaban J connectivity index is 1.53. The van der Waals surface area contributed by atoms with Crippen LogP contribution in [0.1, 0.15) is 51.5 Å². The molecular weight excluding hydrogens is 512 g/mol. The van der Waals surface area contributed by atoms with Crippen LogP contribution in [0.4, 0.5) is 11.4 Å². The third-order valence-corrected chi connectivity index (χ3v) is 7.73. The first-order valence-electron chi connectivity index (χ1n) is 13.5. The number of piperazine rings is 1. The summed E-state index contributed by atoms with van der Waals surface area (Å²) in [6, 6.07) is 13.7. The molecule has 1 fully saturated rings. The van der Waals surface area contributed by atoms with E-state index in [-0.39, 0.29) is 16.8 Å². The van der Waals surface area contributed by atoms with Crippen molar-refractivity contribution in [2.45, 2.75) is 45.7 Å². The Morgan fingerprint density at radius 3 is 2.45 bits per heavy atom. The summed E-state index contributed by atoms with van der Waals surface area (Å²) in [5, 5.41) is 24.8. The van der Waals surface area contributed by atoms with Crippen molar-refractivity contribution in [3.8, 4) is 5.75 Å². The number of pyridine rings is 1. The molecular formula is C28H34N8O4. The summed E-state index contributed by atoms with van der Waals surface area (Å²) in [5.41, 5.74) is 1.73. The summed E-state index contributed by atoms with van der Waals surface area (Å²) in [4.78, 5) is 31.7. The standard InChI is InChI=1S/C28H34N8O4/c1-5-28(3,4)35-26(30-31-32-35)25(23-18-19-17-22(40-6-2)11-12-24(19)29-27(23)37)34-15-13-33(14-16-34)20-7-9-21(10-8-20)36(38)39/h7-12,17-18,25H,5-6,13-16H2,1-4H3,(H,29,37). The van der Waals surface area contributed by atoms with E-state index in [0.29, 0.717) is 44.2 Å². The van der Waals surface area contributed by atoms with Crippen molar-refractivity contribution in [1.82, 2.24) is 30.1 Å². The van der Waals surface area contributed by atoms with Gasteiger partial charge in [0.05, 0.1) is 17.1 Å². The van der Waals surface area contributed by atoms with E-state index in [9.17, 15) is 14.9 Å². The van der Waals surface area contributed by atoms with Gasteiger partial charge in [0.25, 0.3) is 11.2 Å². The van der Waals surface area contributed by atoms with E-state index in [1.165, 1.54) is 12.1 Å². The predicted molar refractivity (Wildman–Crippen MR) is 152 cm³/mol. The predicted octanol–water partition coefficient (Wildman–Crippen LogP) is 3.88. The summed E-state index contributed by atoms with van der Waals surface area (Å²) in [7, 11) is 0. The minimum atomic E-state index is -0.483. The van der Waals surface area contributed by atoms with Crippen molar-refractivity contribution in [2.75, 3.05) is 37.7 Å². The Bertz CT molecular complexity index is 1550. The van der Waals surface area contributed by atoms with Crippen molar-refractivity contribution >= 4 is 22.3 Å². The number of nitro benzene ring substituents is 1. The Morgan fingerprint density at radius 2 is 1.80 bits per heavy atom. The number of anilines is 1. The maximum atomic E-state index is 13.6. The summed E-state index contributed by atoms with van der Waals surface area (Å²) in [6.07, 6.45) is 0.803. The Labute approximate surface area is 231 Å². The normalized spacial score (nSPS) is 15.3. The van der Waals surface area contributed by atoms with Gasteiger partial charge < -0.3 is 14.6 Å². The van der Waals surface area contributed by atoms with E-state index in [2.05, 4.69) is 51.1 Å². The van der Waals surface area contributed by atoms with E-state index < -0.39 is 11.0 Å². The highest BCUT2D eigenvalue weighted by molar-refractivity contribution is 5.80. The minimum Gasteiger partial charge on any atom is -0.494 e. The molecule has 5 rings (SSSR count).